The quantitative estimate of drug-likeness (QED) is 0.718. The largest absolute Gasteiger partial charge is 0.269 e. The van der Waals surface area contributed by atoms with Crippen molar-refractivity contribution in [2.75, 3.05) is 0 Å². The molecule has 5 heteroatoms. The third-order valence-corrected chi connectivity index (χ3v) is 4.24. The molecule has 0 bridgehead atoms. The Morgan fingerprint density at radius 3 is 2.60 bits per heavy atom. The lowest BCUT2D eigenvalue weighted by Gasteiger charge is -2.12. The number of hydrogen-bond donors (Lipinski definition) is 0. The van der Waals surface area contributed by atoms with E-state index in [2.05, 4.69) is 47.9 Å². The molecule has 1 atom stereocenters. The molecule has 2 aromatic rings. The van der Waals surface area contributed by atoms with Crippen molar-refractivity contribution in [3.63, 3.8) is 0 Å². The van der Waals surface area contributed by atoms with E-state index in [9.17, 15) is 0 Å². The molecule has 0 aliphatic heterocycles. The molecule has 0 spiro atoms. The molecule has 0 aromatic carbocycles. The van der Waals surface area contributed by atoms with Crippen LogP contribution in [0, 0.1) is 0 Å². The summed E-state index contributed by atoms with van der Waals surface area (Å²) in [6.07, 6.45) is 9.04. The zero-order valence-corrected chi connectivity index (χ0v) is 13.2. The molecule has 0 aliphatic carbocycles. The highest BCUT2D eigenvalue weighted by molar-refractivity contribution is 6.20. The average Bonchev–Trinajstić information content (AvgIpc) is 3.10. The summed E-state index contributed by atoms with van der Waals surface area (Å²) in [5.74, 6) is 0. The fourth-order valence-electron chi connectivity index (χ4n) is 2.36. The van der Waals surface area contributed by atoms with Gasteiger partial charge >= 0.3 is 0 Å². The molecule has 1 unspecified atom stereocenters. The molecule has 4 nitrogen and oxygen atoms in total. The van der Waals surface area contributed by atoms with Gasteiger partial charge in [0.05, 0.1) is 29.9 Å². The Hall–Kier alpha value is -1.29. The van der Waals surface area contributed by atoms with Crippen LogP contribution in [0.4, 0.5) is 0 Å². The Bertz CT molecular complexity index is 527. The lowest BCUT2D eigenvalue weighted by Crippen LogP contribution is -2.09. The Labute approximate surface area is 125 Å². The van der Waals surface area contributed by atoms with E-state index in [0.29, 0.717) is 12.6 Å². The second kappa shape index (κ2) is 6.93. The molecule has 0 fully saturated rings. The predicted molar refractivity (Wildman–Crippen MR) is 82.1 cm³/mol. The van der Waals surface area contributed by atoms with Crippen molar-refractivity contribution in [1.82, 2.24) is 19.6 Å². The van der Waals surface area contributed by atoms with Crippen LogP contribution in [0.1, 0.15) is 62.7 Å². The van der Waals surface area contributed by atoms with Gasteiger partial charge in [-0.15, -0.1) is 11.6 Å². The summed E-state index contributed by atoms with van der Waals surface area (Å²) in [6.45, 7) is 7.16. The summed E-state index contributed by atoms with van der Waals surface area (Å²) < 4.78 is 3.97. The van der Waals surface area contributed by atoms with Crippen LogP contribution < -0.4 is 0 Å². The second-order valence-electron chi connectivity index (χ2n) is 5.10. The number of aromatic nitrogens is 4. The minimum Gasteiger partial charge on any atom is -0.269 e. The number of alkyl halides is 1. The van der Waals surface area contributed by atoms with Gasteiger partial charge in [-0.05, 0) is 25.3 Å². The monoisotopic (exact) mass is 294 g/mol. The summed E-state index contributed by atoms with van der Waals surface area (Å²) >= 11 is 6.22. The van der Waals surface area contributed by atoms with Crippen molar-refractivity contribution in [2.45, 2.75) is 58.0 Å². The van der Waals surface area contributed by atoms with Crippen LogP contribution in [0.25, 0.3) is 0 Å². The molecule has 20 heavy (non-hydrogen) atoms. The van der Waals surface area contributed by atoms with Gasteiger partial charge in [0.2, 0.25) is 0 Å². The number of nitrogens with zero attached hydrogens (tertiary/aromatic N) is 4. The topological polar surface area (TPSA) is 35.6 Å². The van der Waals surface area contributed by atoms with Crippen molar-refractivity contribution in [3.05, 3.63) is 35.9 Å². The Morgan fingerprint density at radius 1 is 1.20 bits per heavy atom. The summed E-state index contributed by atoms with van der Waals surface area (Å²) in [5, 5.41) is 9.05. The van der Waals surface area contributed by atoms with Gasteiger partial charge in [-0.25, -0.2) is 0 Å². The van der Waals surface area contributed by atoms with Crippen LogP contribution in [0.2, 0.25) is 0 Å². The molecule has 0 saturated carbocycles. The van der Waals surface area contributed by atoms with Gasteiger partial charge < -0.3 is 0 Å². The lowest BCUT2D eigenvalue weighted by molar-refractivity contribution is 0.424. The number of rotatable bonds is 7. The predicted octanol–water partition coefficient (Wildman–Crippen LogP) is 4.18. The standard InChI is InChI=1S/C15H23ClN4/c1-4-14(5-2)20-8-7-13(18-20)11-19-10-12(9-17-19)15(16)6-3/h7-10,14-15H,4-6,11H2,1-3H3. The smallest absolute Gasteiger partial charge is 0.0849 e. The maximum absolute atomic E-state index is 6.22. The summed E-state index contributed by atoms with van der Waals surface area (Å²) in [6, 6.07) is 2.56. The molecule has 0 radical (unpaired) electrons. The van der Waals surface area contributed by atoms with Crippen molar-refractivity contribution in [2.24, 2.45) is 0 Å². The maximum Gasteiger partial charge on any atom is 0.0849 e. The van der Waals surface area contributed by atoms with E-state index >= 15 is 0 Å². The Balaban J connectivity index is 2.05. The lowest BCUT2D eigenvalue weighted by atomic mass is 10.2. The highest BCUT2D eigenvalue weighted by Crippen LogP contribution is 2.23. The number of halogens is 1. The molecule has 2 rings (SSSR count). The van der Waals surface area contributed by atoms with Crippen LogP contribution in [0.5, 0.6) is 0 Å². The van der Waals surface area contributed by atoms with Gasteiger partial charge in [0.25, 0.3) is 0 Å². The maximum atomic E-state index is 6.22. The zero-order valence-electron chi connectivity index (χ0n) is 12.5. The normalized spacial score (nSPS) is 13.1. The molecular formula is C15H23ClN4. The molecule has 2 aromatic heterocycles. The molecule has 2 heterocycles. The Kier molecular flexibility index (Phi) is 5.24. The van der Waals surface area contributed by atoms with Crippen molar-refractivity contribution >= 4 is 11.6 Å². The van der Waals surface area contributed by atoms with Gasteiger partial charge in [-0.1, -0.05) is 20.8 Å². The SMILES string of the molecule is CCC(Cl)c1cnn(Cc2ccn(C(CC)CC)n2)c1. The molecule has 110 valence electrons. The summed E-state index contributed by atoms with van der Waals surface area (Å²) in [4.78, 5) is 0. The zero-order chi connectivity index (χ0) is 14.5. The molecule has 0 amide bonds. The van der Waals surface area contributed by atoms with Crippen LogP contribution in [0.15, 0.2) is 24.7 Å². The highest BCUT2D eigenvalue weighted by Gasteiger charge is 2.10. The first-order valence-electron chi connectivity index (χ1n) is 7.38. The van der Waals surface area contributed by atoms with E-state index in [1.807, 2.05) is 17.1 Å². The van der Waals surface area contributed by atoms with Crippen LogP contribution in [-0.2, 0) is 6.54 Å². The van der Waals surface area contributed by atoms with Crippen molar-refractivity contribution < 1.29 is 0 Å². The van der Waals surface area contributed by atoms with Gasteiger partial charge in [-0.3, -0.25) is 9.36 Å². The van der Waals surface area contributed by atoms with Gasteiger partial charge in [0, 0.05) is 18.0 Å². The van der Waals surface area contributed by atoms with Gasteiger partial charge in [0.15, 0.2) is 0 Å². The fraction of sp³-hybridized carbons (Fsp3) is 0.600. The van der Waals surface area contributed by atoms with Gasteiger partial charge in [0.1, 0.15) is 0 Å². The van der Waals surface area contributed by atoms with E-state index < -0.39 is 0 Å². The fourth-order valence-corrected chi connectivity index (χ4v) is 2.47. The summed E-state index contributed by atoms with van der Waals surface area (Å²) in [7, 11) is 0. The van der Waals surface area contributed by atoms with Crippen LogP contribution in [-0.4, -0.2) is 19.6 Å². The number of hydrogen-bond acceptors (Lipinski definition) is 2. The first kappa shape index (κ1) is 15.1. The Morgan fingerprint density at radius 2 is 1.95 bits per heavy atom. The van der Waals surface area contributed by atoms with Crippen molar-refractivity contribution in [1.29, 1.82) is 0 Å². The average molecular weight is 295 g/mol. The van der Waals surface area contributed by atoms with E-state index in [1.165, 1.54) is 0 Å². The molecule has 0 aliphatic rings. The first-order chi connectivity index (χ1) is 9.67. The van der Waals surface area contributed by atoms with Gasteiger partial charge in [-0.2, -0.15) is 10.2 Å². The second-order valence-corrected chi connectivity index (χ2v) is 5.63. The minimum absolute atomic E-state index is 0.0471. The molecule has 0 saturated heterocycles. The van der Waals surface area contributed by atoms with Crippen molar-refractivity contribution in [3.8, 4) is 0 Å². The van der Waals surface area contributed by atoms with Crippen LogP contribution >= 0.6 is 11.6 Å². The van der Waals surface area contributed by atoms with E-state index in [0.717, 1.165) is 30.5 Å². The van der Waals surface area contributed by atoms with E-state index in [4.69, 9.17) is 11.6 Å². The summed E-state index contributed by atoms with van der Waals surface area (Å²) in [5.41, 5.74) is 2.11. The first-order valence-corrected chi connectivity index (χ1v) is 7.81. The molecule has 0 N–H and O–H groups in total. The van der Waals surface area contributed by atoms with Crippen LogP contribution in [0.3, 0.4) is 0 Å². The van der Waals surface area contributed by atoms with E-state index in [1.54, 1.807) is 0 Å². The van der Waals surface area contributed by atoms with E-state index in [-0.39, 0.29) is 5.38 Å². The third-order valence-electron chi connectivity index (χ3n) is 3.68. The molecular weight excluding hydrogens is 272 g/mol. The minimum atomic E-state index is 0.0471. The third kappa shape index (κ3) is 3.42. The highest BCUT2D eigenvalue weighted by atomic mass is 35.5.